The summed E-state index contributed by atoms with van der Waals surface area (Å²) in [4.78, 5) is 0. The van der Waals surface area contributed by atoms with Crippen molar-refractivity contribution in [3.05, 3.63) is 107 Å². The Hall–Kier alpha value is -4.02. The van der Waals surface area contributed by atoms with Crippen molar-refractivity contribution in [2.45, 2.75) is 57.7 Å². The van der Waals surface area contributed by atoms with Crippen LogP contribution in [0.4, 0.5) is 26.3 Å². The second-order valence-corrected chi connectivity index (χ2v) is 10.6. The lowest BCUT2D eigenvalue weighted by molar-refractivity contribution is -0.137. The third kappa shape index (κ3) is 7.92. The molecule has 0 radical (unpaired) electrons. The van der Waals surface area contributed by atoms with Gasteiger partial charge in [0, 0.05) is 47.9 Å². The van der Waals surface area contributed by atoms with Gasteiger partial charge >= 0.3 is 12.4 Å². The van der Waals surface area contributed by atoms with Crippen LogP contribution in [0.15, 0.2) is 84.9 Å². The van der Waals surface area contributed by atoms with E-state index in [1.807, 2.05) is 6.92 Å². The largest absolute Gasteiger partial charge is 0.507 e. The van der Waals surface area contributed by atoms with Gasteiger partial charge in [-0.2, -0.15) is 26.3 Å². The highest BCUT2D eigenvalue weighted by Gasteiger charge is 2.35. The lowest BCUT2D eigenvalue weighted by Crippen LogP contribution is -2.38. The van der Waals surface area contributed by atoms with Crippen molar-refractivity contribution in [3.8, 4) is 33.8 Å². The van der Waals surface area contributed by atoms with Gasteiger partial charge in [0.25, 0.3) is 0 Å². The van der Waals surface area contributed by atoms with Crippen LogP contribution >= 0.6 is 0 Å². The molecule has 1 unspecified atom stereocenters. The van der Waals surface area contributed by atoms with Crippen LogP contribution < -0.4 is 10.6 Å². The van der Waals surface area contributed by atoms with Crippen molar-refractivity contribution in [3.63, 3.8) is 0 Å². The standard InChI is InChI=1S/C34H34F6N2O2/c1-2-3-12-24(42-20-23-11-9-16-28(32(23)44)26-14-5-7-18-30(26)34(38,39)40)21-41-19-22-10-8-15-27(31(22)43)25-13-4-6-17-29(25)33(35,36)37/h4-11,13-18,24,41-44H,2-3,12,19-21H2,1H3. The maximum Gasteiger partial charge on any atom is 0.417 e. The van der Waals surface area contributed by atoms with Gasteiger partial charge in [-0.25, -0.2) is 0 Å². The van der Waals surface area contributed by atoms with Gasteiger partial charge in [-0.1, -0.05) is 92.6 Å². The maximum absolute atomic E-state index is 13.6. The van der Waals surface area contributed by atoms with E-state index in [1.54, 1.807) is 24.3 Å². The van der Waals surface area contributed by atoms with Crippen molar-refractivity contribution in [2.75, 3.05) is 6.54 Å². The van der Waals surface area contributed by atoms with Crippen LogP contribution in [0.2, 0.25) is 0 Å². The summed E-state index contributed by atoms with van der Waals surface area (Å²) < 4.78 is 81.6. The minimum Gasteiger partial charge on any atom is -0.507 e. The van der Waals surface area contributed by atoms with E-state index in [4.69, 9.17) is 0 Å². The molecule has 10 heteroatoms. The summed E-state index contributed by atoms with van der Waals surface area (Å²) in [7, 11) is 0. The molecule has 0 spiro atoms. The van der Waals surface area contributed by atoms with Crippen LogP contribution in [-0.2, 0) is 25.4 Å². The number of nitrogens with one attached hydrogen (secondary N) is 2. The molecule has 234 valence electrons. The molecule has 4 aromatic rings. The number of hydrogen-bond donors (Lipinski definition) is 4. The second kappa shape index (κ2) is 14.2. The van der Waals surface area contributed by atoms with Crippen molar-refractivity contribution in [1.82, 2.24) is 10.6 Å². The number of para-hydroxylation sites is 2. The van der Waals surface area contributed by atoms with E-state index < -0.39 is 23.5 Å². The van der Waals surface area contributed by atoms with Crippen molar-refractivity contribution >= 4 is 0 Å². The van der Waals surface area contributed by atoms with Crippen LogP contribution in [0.3, 0.4) is 0 Å². The number of hydrogen-bond acceptors (Lipinski definition) is 4. The minimum atomic E-state index is -4.58. The van der Waals surface area contributed by atoms with Gasteiger partial charge in [-0.3, -0.25) is 0 Å². The lowest BCUT2D eigenvalue weighted by atomic mass is 9.96. The van der Waals surface area contributed by atoms with E-state index in [0.717, 1.165) is 31.4 Å². The fourth-order valence-corrected chi connectivity index (χ4v) is 5.20. The number of phenols is 2. The smallest absolute Gasteiger partial charge is 0.417 e. The molecule has 4 aromatic carbocycles. The molecule has 0 fully saturated rings. The highest BCUT2D eigenvalue weighted by molar-refractivity contribution is 5.76. The van der Waals surface area contributed by atoms with Crippen LogP contribution in [0.5, 0.6) is 11.5 Å². The van der Waals surface area contributed by atoms with E-state index in [2.05, 4.69) is 10.6 Å². The number of aromatic hydroxyl groups is 2. The number of phenolic OH excluding ortho intramolecular Hbond substituents is 2. The average Bonchev–Trinajstić information content (AvgIpc) is 2.99. The van der Waals surface area contributed by atoms with E-state index in [1.165, 1.54) is 48.5 Å². The van der Waals surface area contributed by atoms with Gasteiger partial charge in [0.05, 0.1) is 11.1 Å². The Kier molecular flexibility index (Phi) is 10.6. The predicted molar refractivity (Wildman–Crippen MR) is 159 cm³/mol. The summed E-state index contributed by atoms with van der Waals surface area (Å²) in [5, 5.41) is 28.5. The van der Waals surface area contributed by atoms with Crippen molar-refractivity contribution in [1.29, 1.82) is 0 Å². The molecule has 0 aliphatic heterocycles. The van der Waals surface area contributed by atoms with Gasteiger partial charge in [0.1, 0.15) is 11.5 Å². The number of unbranched alkanes of at least 4 members (excludes halogenated alkanes) is 1. The zero-order valence-electron chi connectivity index (χ0n) is 24.1. The Labute approximate surface area is 252 Å². The molecule has 0 bridgehead atoms. The number of benzene rings is 4. The SMILES string of the molecule is CCCCC(CNCc1cccc(-c2ccccc2C(F)(F)F)c1O)NCc1cccc(-c2ccccc2C(F)(F)F)c1O. The summed E-state index contributed by atoms with van der Waals surface area (Å²) in [5.41, 5.74) is -0.844. The fourth-order valence-electron chi connectivity index (χ4n) is 5.20. The molecule has 4 N–H and O–H groups in total. The third-order valence-electron chi connectivity index (χ3n) is 7.48. The molecule has 0 saturated carbocycles. The zero-order valence-corrected chi connectivity index (χ0v) is 24.1. The first kappa shape index (κ1) is 32.9. The Balaban J connectivity index is 1.47. The van der Waals surface area contributed by atoms with E-state index in [0.29, 0.717) is 17.7 Å². The molecule has 0 heterocycles. The summed E-state index contributed by atoms with van der Waals surface area (Å²) in [6.07, 6.45) is -6.59. The van der Waals surface area contributed by atoms with Gasteiger partial charge < -0.3 is 20.8 Å². The van der Waals surface area contributed by atoms with Crippen LogP contribution in [0.25, 0.3) is 22.3 Å². The summed E-state index contributed by atoms with van der Waals surface area (Å²) in [6.45, 7) is 2.85. The van der Waals surface area contributed by atoms with Crippen molar-refractivity contribution in [2.24, 2.45) is 0 Å². The molecule has 0 aliphatic carbocycles. The highest BCUT2D eigenvalue weighted by Crippen LogP contribution is 2.42. The summed E-state index contributed by atoms with van der Waals surface area (Å²) >= 11 is 0. The Morgan fingerprint density at radius 3 is 1.55 bits per heavy atom. The molecule has 44 heavy (non-hydrogen) atoms. The molecule has 0 saturated heterocycles. The molecule has 4 rings (SSSR count). The molecule has 0 amide bonds. The molecule has 0 aliphatic rings. The van der Waals surface area contributed by atoms with Crippen LogP contribution in [-0.4, -0.2) is 22.8 Å². The quantitative estimate of drug-likeness (QED) is 0.120. The monoisotopic (exact) mass is 616 g/mol. The topological polar surface area (TPSA) is 64.5 Å². The number of halogens is 6. The van der Waals surface area contributed by atoms with Crippen molar-refractivity contribution < 1.29 is 36.6 Å². The zero-order chi connectivity index (χ0) is 31.9. The molecule has 0 aromatic heterocycles. The lowest BCUT2D eigenvalue weighted by Gasteiger charge is -2.21. The first-order valence-corrected chi connectivity index (χ1v) is 14.3. The van der Waals surface area contributed by atoms with Gasteiger partial charge in [-0.05, 0) is 29.7 Å². The molecule has 4 nitrogen and oxygen atoms in total. The first-order chi connectivity index (χ1) is 20.9. The fraction of sp³-hybridized carbons (Fsp3) is 0.294. The molecule has 1 atom stereocenters. The Bertz CT molecular complexity index is 1550. The number of rotatable bonds is 12. The predicted octanol–water partition coefficient (Wildman–Crippen LogP) is 8.91. The Morgan fingerprint density at radius 2 is 1.07 bits per heavy atom. The van der Waals surface area contributed by atoms with E-state index in [9.17, 15) is 36.6 Å². The second-order valence-electron chi connectivity index (χ2n) is 10.6. The maximum atomic E-state index is 13.6. The van der Waals surface area contributed by atoms with Gasteiger partial charge in [0.15, 0.2) is 0 Å². The van der Waals surface area contributed by atoms with E-state index in [-0.39, 0.29) is 52.9 Å². The van der Waals surface area contributed by atoms with E-state index >= 15 is 0 Å². The number of alkyl halides is 6. The minimum absolute atomic E-state index is 0.0836. The summed E-state index contributed by atoms with van der Waals surface area (Å²) in [5.74, 6) is -0.476. The molecular formula is C34H34F6N2O2. The normalized spacial score (nSPS) is 12.8. The summed E-state index contributed by atoms with van der Waals surface area (Å²) in [6, 6.07) is 19.5. The first-order valence-electron chi connectivity index (χ1n) is 14.3. The third-order valence-corrected chi connectivity index (χ3v) is 7.48. The highest BCUT2D eigenvalue weighted by atomic mass is 19.4. The van der Waals surface area contributed by atoms with Gasteiger partial charge in [0.2, 0.25) is 0 Å². The Morgan fingerprint density at radius 1 is 0.614 bits per heavy atom. The average molecular weight is 617 g/mol. The van der Waals surface area contributed by atoms with Crippen LogP contribution in [0.1, 0.15) is 48.4 Å². The van der Waals surface area contributed by atoms with Gasteiger partial charge in [-0.15, -0.1) is 0 Å². The molecular weight excluding hydrogens is 582 g/mol. The van der Waals surface area contributed by atoms with Crippen LogP contribution in [0, 0.1) is 0 Å².